The lowest BCUT2D eigenvalue weighted by atomic mass is 10.4. The van der Waals surface area contributed by atoms with Gasteiger partial charge in [-0.3, -0.25) is 4.90 Å². The van der Waals surface area contributed by atoms with Crippen LogP contribution in [0.25, 0.3) is 0 Å². The van der Waals surface area contributed by atoms with Gasteiger partial charge in [-0.25, -0.2) is 0 Å². The second kappa shape index (κ2) is 6.44. The van der Waals surface area contributed by atoms with Gasteiger partial charge in [-0.15, -0.1) is 11.8 Å². The highest BCUT2D eigenvalue weighted by Gasteiger charge is 2.12. The van der Waals surface area contributed by atoms with Crippen molar-refractivity contribution in [3.05, 3.63) is 0 Å². The highest BCUT2D eigenvalue weighted by Crippen LogP contribution is 2.34. The zero-order chi connectivity index (χ0) is 12.1. The van der Waals surface area contributed by atoms with E-state index in [1.807, 2.05) is 6.26 Å². The van der Waals surface area contributed by atoms with E-state index in [2.05, 4.69) is 14.6 Å². The van der Waals surface area contributed by atoms with Gasteiger partial charge in [0.25, 0.3) is 0 Å². The second-order valence-corrected chi connectivity index (χ2v) is 5.40. The van der Waals surface area contributed by atoms with Crippen molar-refractivity contribution in [2.24, 2.45) is 0 Å². The number of anilines is 2. The Balaban J connectivity index is 1.77. The van der Waals surface area contributed by atoms with Crippen LogP contribution in [0.15, 0.2) is 4.90 Å². The molecule has 17 heavy (non-hydrogen) atoms. The number of hydrogen-bond donors (Lipinski definition) is 2. The molecule has 7 heteroatoms. The van der Waals surface area contributed by atoms with Crippen molar-refractivity contribution < 1.29 is 4.74 Å². The third kappa shape index (κ3) is 3.48. The van der Waals surface area contributed by atoms with E-state index in [1.54, 1.807) is 11.8 Å². The highest BCUT2D eigenvalue weighted by atomic mass is 32.2. The van der Waals surface area contributed by atoms with Gasteiger partial charge in [0, 0.05) is 26.2 Å². The lowest BCUT2D eigenvalue weighted by Crippen LogP contribution is -2.38. The van der Waals surface area contributed by atoms with Gasteiger partial charge in [0.05, 0.1) is 18.1 Å². The molecule has 1 saturated heterocycles. The molecule has 0 aromatic carbocycles. The molecule has 1 aliphatic rings. The van der Waals surface area contributed by atoms with Crippen LogP contribution < -0.4 is 11.1 Å². The summed E-state index contributed by atoms with van der Waals surface area (Å²) in [4.78, 5) is 3.47. The number of nitrogens with zero attached hydrogens (tertiary/aromatic N) is 2. The molecule has 0 atom stereocenters. The summed E-state index contributed by atoms with van der Waals surface area (Å²) in [6, 6.07) is 0. The molecule has 1 fully saturated rings. The van der Waals surface area contributed by atoms with E-state index in [0.717, 1.165) is 49.3 Å². The lowest BCUT2D eigenvalue weighted by molar-refractivity contribution is 0.0398. The summed E-state index contributed by atoms with van der Waals surface area (Å²) < 4.78 is 9.47. The molecular formula is C10H18N4OS2. The molecular weight excluding hydrogens is 256 g/mol. The van der Waals surface area contributed by atoms with Crippen LogP contribution in [0.3, 0.4) is 0 Å². The van der Waals surface area contributed by atoms with E-state index < -0.39 is 0 Å². The first-order valence-electron chi connectivity index (χ1n) is 5.64. The molecule has 0 saturated carbocycles. The predicted molar refractivity (Wildman–Crippen MR) is 74.1 cm³/mol. The topological polar surface area (TPSA) is 63.4 Å². The minimum atomic E-state index is 0.636. The Labute approximate surface area is 110 Å². The minimum absolute atomic E-state index is 0.636. The predicted octanol–water partition coefficient (Wildman–Crippen LogP) is 1.19. The number of morpholine rings is 1. The number of hydrogen-bond acceptors (Lipinski definition) is 7. The van der Waals surface area contributed by atoms with Gasteiger partial charge in [-0.1, -0.05) is 0 Å². The number of rotatable bonds is 5. The summed E-state index contributed by atoms with van der Waals surface area (Å²) in [5, 5.41) is 4.49. The normalized spacial score (nSPS) is 17.2. The van der Waals surface area contributed by atoms with Gasteiger partial charge >= 0.3 is 0 Å². The zero-order valence-electron chi connectivity index (χ0n) is 9.94. The van der Waals surface area contributed by atoms with Crippen LogP contribution in [-0.4, -0.2) is 54.9 Å². The number of ether oxygens (including phenoxy) is 1. The molecule has 2 heterocycles. The van der Waals surface area contributed by atoms with Crippen LogP contribution in [0.1, 0.15) is 0 Å². The Bertz CT molecular complexity index is 352. The van der Waals surface area contributed by atoms with Crippen molar-refractivity contribution in [2.75, 3.05) is 56.7 Å². The zero-order valence-corrected chi connectivity index (χ0v) is 11.6. The van der Waals surface area contributed by atoms with E-state index in [0.29, 0.717) is 5.82 Å². The largest absolute Gasteiger partial charge is 0.382 e. The summed E-state index contributed by atoms with van der Waals surface area (Å²) in [6.07, 6.45) is 2.02. The molecule has 0 bridgehead atoms. The van der Waals surface area contributed by atoms with Crippen molar-refractivity contribution in [2.45, 2.75) is 4.90 Å². The molecule has 1 aliphatic heterocycles. The molecule has 0 unspecified atom stereocenters. The van der Waals surface area contributed by atoms with Gasteiger partial charge in [-0.05, 0) is 17.8 Å². The maximum Gasteiger partial charge on any atom is 0.153 e. The summed E-state index contributed by atoms with van der Waals surface area (Å²) in [7, 11) is 0. The molecule has 5 nitrogen and oxygen atoms in total. The number of nitrogens with two attached hydrogens (primary N) is 1. The molecule has 3 N–H and O–H groups in total. The fourth-order valence-corrected chi connectivity index (χ4v) is 3.32. The summed E-state index contributed by atoms with van der Waals surface area (Å²) >= 11 is 3.08. The van der Waals surface area contributed by atoms with E-state index in [1.165, 1.54) is 11.5 Å². The molecule has 0 aliphatic carbocycles. The Kier molecular flexibility index (Phi) is 4.90. The van der Waals surface area contributed by atoms with Gasteiger partial charge in [-0.2, -0.15) is 4.37 Å². The maximum atomic E-state index is 5.78. The van der Waals surface area contributed by atoms with Crippen LogP contribution in [0.5, 0.6) is 0 Å². The highest BCUT2D eigenvalue weighted by molar-refractivity contribution is 7.99. The van der Waals surface area contributed by atoms with Crippen LogP contribution in [0.4, 0.5) is 10.8 Å². The third-order valence-electron chi connectivity index (χ3n) is 2.70. The number of nitrogen functional groups attached to an aromatic ring is 1. The summed E-state index contributed by atoms with van der Waals surface area (Å²) in [6.45, 7) is 5.72. The third-order valence-corrected chi connectivity index (χ3v) is 4.47. The molecule has 0 radical (unpaired) electrons. The molecule has 0 spiro atoms. The van der Waals surface area contributed by atoms with E-state index >= 15 is 0 Å². The van der Waals surface area contributed by atoms with Crippen LogP contribution >= 0.6 is 23.3 Å². The first-order chi connectivity index (χ1) is 8.31. The lowest BCUT2D eigenvalue weighted by Gasteiger charge is -2.26. The van der Waals surface area contributed by atoms with Crippen molar-refractivity contribution in [1.29, 1.82) is 0 Å². The molecule has 1 aromatic heterocycles. The first-order valence-corrected chi connectivity index (χ1v) is 7.64. The van der Waals surface area contributed by atoms with Gasteiger partial charge in [0.15, 0.2) is 5.82 Å². The summed E-state index contributed by atoms with van der Waals surface area (Å²) in [5.41, 5.74) is 5.78. The quantitative estimate of drug-likeness (QED) is 0.787. The Morgan fingerprint density at radius 3 is 3.00 bits per heavy atom. The van der Waals surface area contributed by atoms with Crippen molar-refractivity contribution >= 4 is 34.1 Å². The van der Waals surface area contributed by atoms with E-state index in [-0.39, 0.29) is 0 Å². The number of nitrogens with one attached hydrogen (secondary N) is 1. The van der Waals surface area contributed by atoms with Crippen molar-refractivity contribution in [1.82, 2.24) is 9.27 Å². The average molecular weight is 274 g/mol. The number of thioether (sulfide) groups is 1. The summed E-state index contributed by atoms with van der Waals surface area (Å²) in [5.74, 6) is 0.636. The van der Waals surface area contributed by atoms with Gasteiger partial charge in [0.2, 0.25) is 0 Å². The van der Waals surface area contributed by atoms with Crippen molar-refractivity contribution in [3.8, 4) is 0 Å². The van der Waals surface area contributed by atoms with Gasteiger partial charge < -0.3 is 15.8 Å². The SMILES string of the molecule is CSc1c(N)nsc1NCCN1CCOCC1. The number of aromatic nitrogens is 1. The average Bonchev–Trinajstić information content (AvgIpc) is 2.71. The smallest absolute Gasteiger partial charge is 0.153 e. The van der Waals surface area contributed by atoms with Crippen LogP contribution in [0, 0.1) is 0 Å². The van der Waals surface area contributed by atoms with E-state index in [9.17, 15) is 0 Å². The Morgan fingerprint density at radius 2 is 2.29 bits per heavy atom. The van der Waals surface area contributed by atoms with Crippen LogP contribution in [-0.2, 0) is 4.74 Å². The standard InChI is InChI=1S/C10H18N4OS2/c1-16-8-9(11)13-17-10(8)12-2-3-14-4-6-15-7-5-14/h12H,2-7H2,1H3,(H2,11,13). The minimum Gasteiger partial charge on any atom is -0.382 e. The van der Waals surface area contributed by atoms with E-state index in [4.69, 9.17) is 10.5 Å². The first kappa shape index (κ1) is 12.9. The molecule has 1 aromatic rings. The van der Waals surface area contributed by atoms with Crippen molar-refractivity contribution in [3.63, 3.8) is 0 Å². The molecule has 96 valence electrons. The Hall–Kier alpha value is -0.500. The maximum absolute atomic E-state index is 5.78. The monoisotopic (exact) mass is 274 g/mol. The fourth-order valence-electron chi connectivity index (χ4n) is 1.76. The second-order valence-electron chi connectivity index (χ2n) is 3.81. The van der Waals surface area contributed by atoms with Crippen LogP contribution in [0.2, 0.25) is 0 Å². The fraction of sp³-hybridized carbons (Fsp3) is 0.700. The molecule has 0 amide bonds. The Morgan fingerprint density at radius 1 is 1.53 bits per heavy atom. The van der Waals surface area contributed by atoms with Gasteiger partial charge in [0.1, 0.15) is 5.00 Å². The molecule has 2 rings (SSSR count).